The molecule has 3 N–H and O–H groups in total. The Labute approximate surface area is 89.9 Å². The summed E-state index contributed by atoms with van der Waals surface area (Å²) in [6.45, 7) is 0. The molecule has 0 spiro atoms. The van der Waals surface area contributed by atoms with Crippen LogP contribution in [0.3, 0.4) is 0 Å². The highest BCUT2D eigenvalue weighted by atomic mass is 19.1. The molecule has 0 aliphatic heterocycles. The van der Waals surface area contributed by atoms with Gasteiger partial charge in [-0.05, 0) is 6.07 Å². The molecule has 0 aliphatic carbocycles. The molecule has 0 fully saturated rings. The number of halogens is 2. The van der Waals surface area contributed by atoms with Gasteiger partial charge in [0.2, 0.25) is 0 Å². The Hall–Kier alpha value is -2.00. The number of hydrogen-bond donors (Lipinski definition) is 2. The van der Waals surface area contributed by atoms with Crippen LogP contribution in [0, 0.1) is 23.0 Å². The van der Waals surface area contributed by atoms with E-state index in [9.17, 15) is 13.6 Å². The second kappa shape index (κ2) is 4.68. The monoisotopic (exact) mass is 226 g/mol. The minimum Gasteiger partial charge on any atom is -0.481 e. The highest BCUT2D eigenvalue weighted by Crippen LogP contribution is 2.21. The highest BCUT2D eigenvalue weighted by molar-refractivity contribution is 5.68. The lowest BCUT2D eigenvalue weighted by atomic mass is 10.0. The second-order valence-electron chi connectivity index (χ2n) is 3.17. The lowest BCUT2D eigenvalue weighted by Crippen LogP contribution is -2.17. The predicted octanol–water partition coefficient (Wildman–Crippen LogP) is 1.31. The molecule has 16 heavy (non-hydrogen) atoms. The highest BCUT2D eigenvalue weighted by Gasteiger charge is 2.17. The molecule has 0 bridgehead atoms. The normalized spacial score (nSPS) is 11.9. The van der Waals surface area contributed by atoms with E-state index in [1.165, 1.54) is 6.07 Å². The van der Waals surface area contributed by atoms with Crippen LogP contribution in [0.2, 0.25) is 0 Å². The van der Waals surface area contributed by atoms with Crippen LogP contribution in [0.15, 0.2) is 12.1 Å². The van der Waals surface area contributed by atoms with E-state index in [4.69, 9.17) is 16.1 Å². The molecular formula is C10H8F2N2O2. The lowest BCUT2D eigenvalue weighted by molar-refractivity contribution is -0.137. The molecule has 1 aromatic carbocycles. The summed E-state index contributed by atoms with van der Waals surface area (Å²) in [5, 5.41) is 17.0. The van der Waals surface area contributed by atoms with Gasteiger partial charge in [-0.15, -0.1) is 0 Å². The van der Waals surface area contributed by atoms with Crippen LogP contribution in [0.4, 0.5) is 8.78 Å². The average Bonchev–Trinajstić information content (AvgIpc) is 2.16. The molecule has 0 aliphatic rings. The first-order valence-corrected chi connectivity index (χ1v) is 4.32. The second-order valence-corrected chi connectivity index (χ2v) is 3.17. The minimum absolute atomic E-state index is 0.180. The number of benzene rings is 1. The van der Waals surface area contributed by atoms with E-state index in [0.717, 1.165) is 6.07 Å². The number of aliphatic carboxylic acids is 1. The van der Waals surface area contributed by atoms with Crippen molar-refractivity contribution < 1.29 is 18.7 Å². The van der Waals surface area contributed by atoms with Gasteiger partial charge in [0.25, 0.3) is 0 Å². The summed E-state index contributed by atoms with van der Waals surface area (Å²) in [6, 6.07) is 1.87. The third-order valence-corrected chi connectivity index (χ3v) is 2.00. The van der Waals surface area contributed by atoms with Gasteiger partial charge in [0.15, 0.2) is 0 Å². The van der Waals surface area contributed by atoms with Crippen LogP contribution < -0.4 is 5.73 Å². The lowest BCUT2D eigenvalue weighted by Gasteiger charge is -2.11. The van der Waals surface area contributed by atoms with E-state index in [1.54, 1.807) is 0 Å². The summed E-state index contributed by atoms with van der Waals surface area (Å²) >= 11 is 0. The van der Waals surface area contributed by atoms with Gasteiger partial charge < -0.3 is 10.8 Å². The van der Waals surface area contributed by atoms with E-state index in [0.29, 0.717) is 6.07 Å². The number of carbonyl (C=O) groups is 1. The Morgan fingerprint density at radius 2 is 2.12 bits per heavy atom. The van der Waals surface area contributed by atoms with Gasteiger partial charge in [0.1, 0.15) is 17.7 Å². The van der Waals surface area contributed by atoms with Gasteiger partial charge in [-0.25, -0.2) is 8.78 Å². The number of nitrogens with zero attached hydrogens (tertiary/aromatic N) is 1. The average molecular weight is 226 g/mol. The van der Waals surface area contributed by atoms with Crippen molar-refractivity contribution >= 4 is 5.97 Å². The van der Waals surface area contributed by atoms with Gasteiger partial charge >= 0.3 is 5.97 Å². The summed E-state index contributed by atoms with van der Waals surface area (Å²) in [5.74, 6) is -3.15. The van der Waals surface area contributed by atoms with Crippen molar-refractivity contribution in [2.24, 2.45) is 5.73 Å². The molecule has 4 nitrogen and oxygen atoms in total. The van der Waals surface area contributed by atoms with Crippen LogP contribution in [-0.4, -0.2) is 11.1 Å². The van der Waals surface area contributed by atoms with Crippen LogP contribution >= 0.6 is 0 Å². The summed E-state index contributed by atoms with van der Waals surface area (Å²) in [4.78, 5) is 10.4. The number of nitrogens with two attached hydrogens (primary N) is 1. The first-order chi connectivity index (χ1) is 7.45. The number of nitriles is 1. The van der Waals surface area contributed by atoms with Crippen molar-refractivity contribution in [3.63, 3.8) is 0 Å². The topological polar surface area (TPSA) is 87.1 Å². The Morgan fingerprint density at radius 3 is 2.62 bits per heavy atom. The molecule has 1 unspecified atom stereocenters. The zero-order valence-electron chi connectivity index (χ0n) is 8.08. The van der Waals surface area contributed by atoms with Gasteiger partial charge in [-0.1, -0.05) is 0 Å². The molecule has 84 valence electrons. The molecular weight excluding hydrogens is 218 g/mol. The molecule has 1 rings (SSSR count). The van der Waals surface area contributed by atoms with Crippen LogP contribution in [0.1, 0.15) is 23.6 Å². The fourth-order valence-electron chi connectivity index (χ4n) is 1.23. The Kier molecular flexibility index (Phi) is 3.53. The number of hydrogen-bond acceptors (Lipinski definition) is 3. The largest absolute Gasteiger partial charge is 0.481 e. The van der Waals surface area contributed by atoms with Gasteiger partial charge in [-0.2, -0.15) is 5.26 Å². The van der Waals surface area contributed by atoms with Gasteiger partial charge in [-0.3, -0.25) is 4.79 Å². The molecule has 0 saturated carbocycles. The molecule has 1 aromatic rings. The minimum atomic E-state index is -1.20. The third-order valence-electron chi connectivity index (χ3n) is 2.00. The molecule has 0 heterocycles. The zero-order chi connectivity index (χ0) is 12.3. The number of carboxylic acids is 1. The van der Waals surface area contributed by atoms with Crippen molar-refractivity contribution in [2.45, 2.75) is 12.5 Å². The fraction of sp³-hybridized carbons (Fsp3) is 0.200. The molecule has 0 radical (unpaired) electrons. The summed E-state index contributed by atoms with van der Waals surface area (Å²) < 4.78 is 26.2. The first kappa shape index (κ1) is 12.1. The molecule has 1 atom stereocenters. The maximum atomic E-state index is 13.2. The molecule has 0 saturated heterocycles. The van der Waals surface area contributed by atoms with Crippen LogP contribution in [0.5, 0.6) is 0 Å². The maximum Gasteiger partial charge on any atom is 0.305 e. The first-order valence-electron chi connectivity index (χ1n) is 4.32. The SMILES string of the molecule is N#Cc1cc(C(N)CC(=O)O)c(F)cc1F. The van der Waals surface area contributed by atoms with Crippen LogP contribution in [-0.2, 0) is 4.79 Å². The van der Waals surface area contributed by atoms with Crippen LogP contribution in [0.25, 0.3) is 0 Å². The standard InChI is InChI=1S/C10H8F2N2O2/c11-7-2-8(12)6(1-5(7)4-13)9(14)3-10(15)16/h1-2,9H,3,14H2,(H,15,16). The number of carboxylic acid groups (broad SMARTS) is 1. The van der Waals surface area contributed by atoms with E-state index in [2.05, 4.69) is 0 Å². The molecule has 6 heteroatoms. The fourth-order valence-corrected chi connectivity index (χ4v) is 1.23. The Bertz CT molecular complexity index is 469. The van der Waals surface area contributed by atoms with E-state index < -0.39 is 30.1 Å². The van der Waals surface area contributed by atoms with Gasteiger partial charge in [0.05, 0.1) is 12.0 Å². The van der Waals surface area contributed by atoms with Crippen molar-refractivity contribution in [2.75, 3.05) is 0 Å². The summed E-state index contributed by atoms with van der Waals surface area (Å²) in [6.07, 6.45) is -0.493. The summed E-state index contributed by atoms with van der Waals surface area (Å²) in [5.41, 5.74) is 4.87. The van der Waals surface area contributed by atoms with E-state index >= 15 is 0 Å². The molecule has 0 amide bonds. The summed E-state index contributed by atoms with van der Waals surface area (Å²) in [7, 11) is 0. The van der Waals surface area contributed by atoms with Crippen molar-refractivity contribution in [1.82, 2.24) is 0 Å². The third kappa shape index (κ3) is 2.52. The van der Waals surface area contributed by atoms with Crippen molar-refractivity contribution in [3.8, 4) is 6.07 Å². The Balaban J connectivity index is 3.14. The van der Waals surface area contributed by atoms with Crippen molar-refractivity contribution in [3.05, 3.63) is 34.9 Å². The van der Waals surface area contributed by atoms with E-state index in [1.807, 2.05) is 0 Å². The quantitative estimate of drug-likeness (QED) is 0.813. The predicted molar refractivity (Wildman–Crippen MR) is 50.3 cm³/mol. The number of rotatable bonds is 3. The molecule has 0 aromatic heterocycles. The smallest absolute Gasteiger partial charge is 0.305 e. The Morgan fingerprint density at radius 1 is 1.50 bits per heavy atom. The van der Waals surface area contributed by atoms with Gasteiger partial charge in [0, 0.05) is 17.7 Å². The zero-order valence-corrected chi connectivity index (χ0v) is 8.08. The van der Waals surface area contributed by atoms with Crippen molar-refractivity contribution in [1.29, 1.82) is 5.26 Å². The maximum absolute atomic E-state index is 13.2. The van der Waals surface area contributed by atoms with E-state index in [-0.39, 0.29) is 11.1 Å².